The van der Waals surface area contributed by atoms with E-state index in [-0.39, 0.29) is 36.1 Å². The molecule has 21 heavy (non-hydrogen) atoms. The Hall–Kier alpha value is -2.49. The Morgan fingerprint density at radius 1 is 1.33 bits per heavy atom. The first-order valence-corrected chi connectivity index (χ1v) is 6.47. The Morgan fingerprint density at radius 3 is 2.62 bits per heavy atom. The van der Waals surface area contributed by atoms with E-state index < -0.39 is 6.04 Å². The maximum Gasteiger partial charge on any atom is 0.323 e. The van der Waals surface area contributed by atoms with E-state index in [1.54, 1.807) is 0 Å². The number of nitrogens with zero attached hydrogens (tertiary/aromatic N) is 4. The number of nitrogens with two attached hydrogens (primary N) is 1. The number of carbonyl (C=O) groups is 2. The Labute approximate surface area is 121 Å². The van der Waals surface area contributed by atoms with Gasteiger partial charge in [0.2, 0.25) is 17.8 Å². The zero-order valence-electron chi connectivity index (χ0n) is 11.8. The second-order valence-corrected chi connectivity index (χ2v) is 4.45. The van der Waals surface area contributed by atoms with Crippen molar-refractivity contribution in [3.63, 3.8) is 0 Å². The SMILES string of the molecule is CCCOc1nc(NN)nc(NC2CC(=O)N(C)C2=O)n1. The summed E-state index contributed by atoms with van der Waals surface area (Å²) in [5.41, 5.74) is 2.29. The highest BCUT2D eigenvalue weighted by molar-refractivity contribution is 6.06. The maximum atomic E-state index is 11.8. The van der Waals surface area contributed by atoms with E-state index >= 15 is 0 Å². The van der Waals surface area contributed by atoms with Crippen LogP contribution >= 0.6 is 0 Å². The molecule has 0 saturated carbocycles. The fourth-order valence-corrected chi connectivity index (χ4v) is 1.77. The number of hydrazine groups is 1. The second kappa shape index (κ2) is 6.31. The van der Waals surface area contributed by atoms with Crippen LogP contribution in [0.15, 0.2) is 0 Å². The molecule has 1 saturated heterocycles. The molecular formula is C11H17N7O3. The van der Waals surface area contributed by atoms with Gasteiger partial charge in [-0.15, -0.1) is 0 Å². The van der Waals surface area contributed by atoms with E-state index in [1.165, 1.54) is 7.05 Å². The Bertz CT molecular complexity index is 551. The van der Waals surface area contributed by atoms with Gasteiger partial charge in [-0.1, -0.05) is 6.92 Å². The first kappa shape index (κ1) is 14.9. The molecule has 1 atom stereocenters. The molecule has 1 aromatic rings. The van der Waals surface area contributed by atoms with Crippen molar-refractivity contribution in [2.45, 2.75) is 25.8 Å². The number of rotatable bonds is 6. The van der Waals surface area contributed by atoms with Gasteiger partial charge < -0.3 is 10.1 Å². The predicted molar refractivity (Wildman–Crippen MR) is 73.2 cm³/mol. The molecule has 4 N–H and O–H groups in total. The highest BCUT2D eigenvalue weighted by Gasteiger charge is 2.36. The van der Waals surface area contributed by atoms with Gasteiger partial charge in [-0.05, 0) is 6.42 Å². The largest absolute Gasteiger partial charge is 0.463 e. The van der Waals surface area contributed by atoms with Gasteiger partial charge in [-0.2, -0.15) is 15.0 Å². The Morgan fingerprint density at radius 2 is 2.05 bits per heavy atom. The minimum atomic E-state index is -0.699. The summed E-state index contributed by atoms with van der Waals surface area (Å²) < 4.78 is 5.31. The van der Waals surface area contributed by atoms with Gasteiger partial charge in [-0.3, -0.25) is 19.9 Å². The smallest absolute Gasteiger partial charge is 0.323 e. The van der Waals surface area contributed by atoms with Crippen molar-refractivity contribution in [2.24, 2.45) is 5.84 Å². The van der Waals surface area contributed by atoms with Gasteiger partial charge in [-0.25, -0.2) is 5.84 Å². The van der Waals surface area contributed by atoms with Gasteiger partial charge in [0.05, 0.1) is 13.0 Å². The number of nitrogen functional groups attached to an aromatic ring is 1. The van der Waals surface area contributed by atoms with E-state index in [1.807, 2.05) is 6.92 Å². The van der Waals surface area contributed by atoms with Crippen LogP contribution in [0.25, 0.3) is 0 Å². The van der Waals surface area contributed by atoms with Gasteiger partial charge in [0.15, 0.2) is 0 Å². The van der Waals surface area contributed by atoms with Crippen molar-refractivity contribution >= 4 is 23.7 Å². The third-order valence-corrected chi connectivity index (χ3v) is 2.86. The summed E-state index contributed by atoms with van der Waals surface area (Å²) >= 11 is 0. The summed E-state index contributed by atoms with van der Waals surface area (Å²) in [4.78, 5) is 36.3. The number of carbonyl (C=O) groups excluding carboxylic acids is 2. The molecular weight excluding hydrogens is 278 g/mol. The normalized spacial score (nSPS) is 18.0. The minimum absolute atomic E-state index is 0.0531. The Kier molecular flexibility index (Phi) is 4.48. The van der Waals surface area contributed by atoms with Crippen LogP contribution in [0.1, 0.15) is 19.8 Å². The number of likely N-dealkylation sites (N-methyl/N-ethyl adjacent to an activating group) is 1. The molecule has 114 valence electrons. The van der Waals surface area contributed by atoms with Crippen molar-refractivity contribution in [1.82, 2.24) is 19.9 Å². The van der Waals surface area contributed by atoms with Gasteiger partial charge in [0, 0.05) is 7.05 Å². The molecule has 1 aliphatic heterocycles. The molecule has 0 aliphatic carbocycles. The van der Waals surface area contributed by atoms with Crippen LogP contribution in [0.2, 0.25) is 0 Å². The second-order valence-electron chi connectivity index (χ2n) is 4.45. The molecule has 2 rings (SSSR count). The molecule has 10 nitrogen and oxygen atoms in total. The fraction of sp³-hybridized carbons (Fsp3) is 0.545. The number of imide groups is 1. The van der Waals surface area contributed by atoms with Gasteiger partial charge >= 0.3 is 6.01 Å². The van der Waals surface area contributed by atoms with Crippen LogP contribution in [0.4, 0.5) is 11.9 Å². The van der Waals surface area contributed by atoms with Crippen LogP contribution in [0.5, 0.6) is 6.01 Å². The maximum absolute atomic E-state index is 11.8. The van der Waals surface area contributed by atoms with Crippen molar-refractivity contribution in [1.29, 1.82) is 0 Å². The van der Waals surface area contributed by atoms with Gasteiger partial charge in [0.1, 0.15) is 6.04 Å². The summed E-state index contributed by atoms with van der Waals surface area (Å²) in [7, 11) is 1.43. The van der Waals surface area contributed by atoms with Crippen LogP contribution in [-0.4, -0.2) is 51.4 Å². The average molecular weight is 295 g/mol. The number of aromatic nitrogens is 3. The van der Waals surface area contributed by atoms with E-state index in [0.717, 1.165) is 11.3 Å². The van der Waals surface area contributed by atoms with Crippen LogP contribution < -0.4 is 21.3 Å². The number of nitrogens with one attached hydrogen (secondary N) is 2. The number of anilines is 2. The molecule has 1 unspecified atom stereocenters. The molecule has 1 aromatic heterocycles. The van der Waals surface area contributed by atoms with Crippen molar-refractivity contribution in [2.75, 3.05) is 24.4 Å². The summed E-state index contributed by atoms with van der Waals surface area (Å²) in [6, 6.07) is -0.609. The van der Waals surface area contributed by atoms with Crippen molar-refractivity contribution in [3.8, 4) is 6.01 Å². The lowest BCUT2D eigenvalue weighted by atomic mass is 10.2. The molecule has 2 amide bonds. The van der Waals surface area contributed by atoms with E-state index in [2.05, 4.69) is 25.7 Å². The molecule has 10 heteroatoms. The van der Waals surface area contributed by atoms with E-state index in [9.17, 15) is 9.59 Å². The van der Waals surface area contributed by atoms with E-state index in [4.69, 9.17) is 10.6 Å². The topological polar surface area (TPSA) is 135 Å². The fourth-order valence-electron chi connectivity index (χ4n) is 1.77. The molecule has 0 spiro atoms. The number of hydrogen-bond donors (Lipinski definition) is 3. The molecule has 0 radical (unpaired) electrons. The summed E-state index contributed by atoms with van der Waals surface area (Å²) in [6.07, 6.45) is 0.845. The number of ether oxygens (including phenoxy) is 1. The van der Waals surface area contributed by atoms with Crippen molar-refractivity contribution in [3.05, 3.63) is 0 Å². The predicted octanol–water partition coefficient (Wildman–Crippen LogP) is -0.885. The van der Waals surface area contributed by atoms with Crippen LogP contribution in [-0.2, 0) is 9.59 Å². The van der Waals surface area contributed by atoms with Crippen molar-refractivity contribution < 1.29 is 14.3 Å². The number of likely N-dealkylation sites (tertiary alicyclic amines) is 1. The third kappa shape index (κ3) is 3.34. The zero-order valence-corrected chi connectivity index (χ0v) is 11.8. The highest BCUT2D eigenvalue weighted by Crippen LogP contribution is 2.17. The molecule has 0 aromatic carbocycles. The summed E-state index contributed by atoms with van der Waals surface area (Å²) in [5, 5.41) is 2.79. The number of amides is 2. The standard InChI is InChI=1S/C11H17N7O3/c1-3-4-21-11-15-9(14-10(16-11)17-12)13-6-5-7(19)18(2)8(6)20/h6H,3-5,12H2,1-2H3,(H2,13,14,15,16,17). The zero-order chi connectivity index (χ0) is 15.4. The lowest BCUT2D eigenvalue weighted by molar-refractivity contribution is -0.136. The summed E-state index contributed by atoms with van der Waals surface area (Å²) in [5.74, 6) is 4.90. The molecule has 1 aliphatic rings. The van der Waals surface area contributed by atoms with Crippen LogP contribution in [0.3, 0.4) is 0 Å². The minimum Gasteiger partial charge on any atom is -0.463 e. The highest BCUT2D eigenvalue weighted by atomic mass is 16.5. The molecule has 2 heterocycles. The quantitative estimate of drug-likeness (QED) is 0.347. The monoisotopic (exact) mass is 295 g/mol. The average Bonchev–Trinajstić information content (AvgIpc) is 2.72. The van der Waals surface area contributed by atoms with E-state index in [0.29, 0.717) is 6.61 Å². The third-order valence-electron chi connectivity index (χ3n) is 2.86. The first-order chi connectivity index (χ1) is 10.0. The summed E-state index contributed by atoms with van der Waals surface area (Å²) in [6.45, 7) is 2.39. The Balaban J connectivity index is 2.15. The molecule has 0 bridgehead atoms. The first-order valence-electron chi connectivity index (χ1n) is 6.47. The lowest BCUT2D eigenvalue weighted by Gasteiger charge is -2.12. The molecule has 1 fully saturated rings. The van der Waals surface area contributed by atoms with Crippen LogP contribution in [0, 0.1) is 0 Å². The van der Waals surface area contributed by atoms with Gasteiger partial charge in [0.25, 0.3) is 5.91 Å². The lowest BCUT2D eigenvalue weighted by Crippen LogP contribution is -2.32. The number of hydrogen-bond acceptors (Lipinski definition) is 9.